The number of hydrogen-bond acceptors (Lipinski definition) is 3. The maximum absolute atomic E-state index is 13.7. The van der Waals surface area contributed by atoms with E-state index in [2.05, 4.69) is 26.2 Å². The molecular formula is C20H12BrF4N3OS. The molecule has 3 aromatic heterocycles. The molecule has 0 saturated carbocycles. The van der Waals surface area contributed by atoms with E-state index in [1.807, 2.05) is 17.5 Å². The Morgan fingerprint density at radius 1 is 1.17 bits per heavy atom. The number of amides is 1. The number of hydrogen-bond donors (Lipinski definition) is 1. The van der Waals surface area contributed by atoms with Gasteiger partial charge in [0.1, 0.15) is 10.4 Å². The normalized spacial score (nSPS) is 11.8. The molecule has 0 aliphatic carbocycles. The largest absolute Gasteiger partial charge is 0.420 e. The van der Waals surface area contributed by atoms with Gasteiger partial charge >= 0.3 is 6.18 Å². The summed E-state index contributed by atoms with van der Waals surface area (Å²) in [5.41, 5.74) is -1.21. The summed E-state index contributed by atoms with van der Waals surface area (Å²) in [6, 6.07) is 9.82. The van der Waals surface area contributed by atoms with Gasteiger partial charge in [-0.2, -0.15) is 13.2 Å². The number of alkyl halides is 3. The zero-order chi connectivity index (χ0) is 21.5. The zero-order valence-corrected chi connectivity index (χ0v) is 17.4. The lowest BCUT2D eigenvalue weighted by atomic mass is 10.1. The summed E-state index contributed by atoms with van der Waals surface area (Å²) in [6.45, 7) is 0.234. The van der Waals surface area contributed by atoms with Gasteiger partial charge in [0.15, 0.2) is 11.3 Å². The van der Waals surface area contributed by atoms with Crippen molar-refractivity contribution in [1.82, 2.24) is 14.7 Å². The van der Waals surface area contributed by atoms with Crippen LogP contribution in [0.2, 0.25) is 0 Å². The molecule has 10 heteroatoms. The van der Waals surface area contributed by atoms with E-state index in [1.54, 1.807) is 0 Å². The third-order valence-electron chi connectivity index (χ3n) is 4.34. The van der Waals surface area contributed by atoms with Gasteiger partial charge in [-0.3, -0.25) is 9.20 Å². The molecule has 0 bridgehead atoms. The second kappa shape index (κ2) is 7.84. The molecule has 1 amide bonds. The van der Waals surface area contributed by atoms with Gasteiger partial charge in [-0.25, -0.2) is 9.37 Å². The van der Waals surface area contributed by atoms with Crippen LogP contribution in [-0.2, 0) is 12.7 Å². The molecule has 4 rings (SSSR count). The molecule has 154 valence electrons. The first-order chi connectivity index (χ1) is 14.2. The maximum atomic E-state index is 13.7. The minimum atomic E-state index is -4.72. The highest BCUT2D eigenvalue weighted by Crippen LogP contribution is 2.37. The Balaban J connectivity index is 1.81. The van der Waals surface area contributed by atoms with Crippen LogP contribution in [0, 0.1) is 5.82 Å². The first-order valence-electron chi connectivity index (χ1n) is 8.59. The number of nitrogens with zero attached hydrogens (tertiary/aromatic N) is 2. The van der Waals surface area contributed by atoms with Crippen molar-refractivity contribution in [3.05, 3.63) is 80.6 Å². The van der Waals surface area contributed by atoms with Crippen LogP contribution in [-0.4, -0.2) is 15.3 Å². The molecule has 0 spiro atoms. The molecule has 3 heterocycles. The predicted molar refractivity (Wildman–Crippen MR) is 109 cm³/mol. The molecule has 0 radical (unpaired) electrons. The molecule has 30 heavy (non-hydrogen) atoms. The summed E-state index contributed by atoms with van der Waals surface area (Å²) in [7, 11) is 0. The zero-order valence-electron chi connectivity index (χ0n) is 15.0. The Hall–Kier alpha value is -2.72. The number of fused-ring (bicyclic) bond motifs is 1. The average molecular weight is 498 g/mol. The highest BCUT2D eigenvalue weighted by Gasteiger charge is 2.36. The van der Waals surface area contributed by atoms with Gasteiger partial charge in [0.2, 0.25) is 0 Å². The second-order valence-electron chi connectivity index (χ2n) is 6.36. The standard InChI is InChI=1S/C20H12BrF4N3OS/c21-17-16(19(29)26-9-14-5-2-6-30-14)27-18-15(20(23,24)25)8-12(10-28(17)18)11-3-1-4-13(22)7-11/h1-8,10H,9H2,(H,26,29). The first kappa shape index (κ1) is 20.5. The SMILES string of the molecule is O=C(NCc1cccs1)c1nc2c(C(F)(F)F)cc(-c3cccc(F)c3)cn2c1Br. The number of thiophene rings is 1. The van der Waals surface area contributed by atoms with Crippen molar-refractivity contribution in [2.24, 2.45) is 0 Å². The van der Waals surface area contributed by atoms with Gasteiger partial charge in [0.25, 0.3) is 5.91 Å². The van der Waals surface area contributed by atoms with Crippen LogP contribution in [0.15, 0.2) is 58.6 Å². The van der Waals surface area contributed by atoms with E-state index in [4.69, 9.17) is 0 Å². The molecule has 1 N–H and O–H groups in total. The minimum absolute atomic E-state index is 0.0740. The number of rotatable bonds is 4. The maximum Gasteiger partial charge on any atom is 0.420 e. The fourth-order valence-corrected chi connectivity index (χ4v) is 4.14. The van der Waals surface area contributed by atoms with Crippen LogP contribution in [0.25, 0.3) is 16.8 Å². The lowest BCUT2D eigenvalue weighted by Crippen LogP contribution is -2.23. The van der Waals surface area contributed by atoms with Gasteiger partial charge in [-0.05, 0) is 56.7 Å². The average Bonchev–Trinajstić information content (AvgIpc) is 3.33. The quantitative estimate of drug-likeness (QED) is 0.356. The number of halogens is 5. The summed E-state index contributed by atoms with van der Waals surface area (Å²) in [5.74, 6) is -1.18. The van der Waals surface area contributed by atoms with Crippen LogP contribution >= 0.6 is 27.3 Å². The molecule has 0 atom stereocenters. The van der Waals surface area contributed by atoms with E-state index in [-0.39, 0.29) is 28.0 Å². The van der Waals surface area contributed by atoms with Gasteiger partial charge in [-0.1, -0.05) is 18.2 Å². The number of aromatic nitrogens is 2. The fourth-order valence-electron chi connectivity index (χ4n) is 2.96. The Morgan fingerprint density at radius 3 is 2.63 bits per heavy atom. The van der Waals surface area contributed by atoms with Gasteiger partial charge in [-0.15, -0.1) is 11.3 Å². The third-order valence-corrected chi connectivity index (χ3v) is 5.98. The van der Waals surface area contributed by atoms with E-state index >= 15 is 0 Å². The first-order valence-corrected chi connectivity index (χ1v) is 10.3. The van der Waals surface area contributed by atoms with E-state index in [1.165, 1.54) is 35.7 Å². The lowest BCUT2D eigenvalue weighted by Gasteiger charge is -2.11. The Kier molecular flexibility index (Phi) is 5.37. The molecule has 0 aliphatic heterocycles. The van der Waals surface area contributed by atoms with Crippen molar-refractivity contribution in [3.8, 4) is 11.1 Å². The predicted octanol–water partition coefficient (Wildman–Crippen LogP) is 5.91. The fraction of sp³-hybridized carbons (Fsp3) is 0.100. The monoisotopic (exact) mass is 497 g/mol. The van der Waals surface area contributed by atoms with Gasteiger partial charge < -0.3 is 5.32 Å². The van der Waals surface area contributed by atoms with E-state index in [0.29, 0.717) is 0 Å². The summed E-state index contributed by atoms with van der Waals surface area (Å²) in [6.07, 6.45) is -3.34. The lowest BCUT2D eigenvalue weighted by molar-refractivity contribution is -0.136. The third kappa shape index (κ3) is 3.97. The topological polar surface area (TPSA) is 46.4 Å². The molecule has 4 nitrogen and oxygen atoms in total. The van der Waals surface area contributed by atoms with Gasteiger partial charge in [0, 0.05) is 11.1 Å². The summed E-state index contributed by atoms with van der Waals surface area (Å²) in [5, 5.41) is 4.50. The molecule has 4 aromatic rings. The number of nitrogens with one attached hydrogen (secondary N) is 1. The van der Waals surface area contributed by atoms with Crippen LogP contribution < -0.4 is 5.32 Å². The number of carbonyl (C=O) groups excluding carboxylic acids is 1. The number of benzene rings is 1. The smallest absolute Gasteiger partial charge is 0.346 e. The van der Waals surface area contributed by atoms with Crippen molar-refractivity contribution >= 4 is 38.8 Å². The van der Waals surface area contributed by atoms with Crippen LogP contribution in [0.3, 0.4) is 0 Å². The number of pyridine rings is 1. The van der Waals surface area contributed by atoms with E-state index < -0.39 is 29.1 Å². The van der Waals surface area contributed by atoms with Crippen molar-refractivity contribution in [3.63, 3.8) is 0 Å². The summed E-state index contributed by atoms with van der Waals surface area (Å²) < 4.78 is 56.0. The molecule has 0 aliphatic rings. The Morgan fingerprint density at radius 2 is 1.97 bits per heavy atom. The molecule has 0 unspecified atom stereocenters. The van der Waals surface area contributed by atoms with Crippen molar-refractivity contribution < 1.29 is 22.4 Å². The van der Waals surface area contributed by atoms with Crippen molar-refractivity contribution in [2.45, 2.75) is 12.7 Å². The molecular weight excluding hydrogens is 486 g/mol. The Bertz CT molecular complexity index is 1240. The van der Waals surface area contributed by atoms with E-state index in [9.17, 15) is 22.4 Å². The van der Waals surface area contributed by atoms with Gasteiger partial charge in [0.05, 0.1) is 12.1 Å². The molecule has 0 fully saturated rings. The highest BCUT2D eigenvalue weighted by molar-refractivity contribution is 9.10. The van der Waals surface area contributed by atoms with Crippen LogP contribution in [0.1, 0.15) is 20.9 Å². The number of imidazole rings is 1. The van der Waals surface area contributed by atoms with Crippen LogP contribution in [0.5, 0.6) is 0 Å². The summed E-state index contributed by atoms with van der Waals surface area (Å²) >= 11 is 4.64. The van der Waals surface area contributed by atoms with Crippen molar-refractivity contribution in [2.75, 3.05) is 0 Å². The highest BCUT2D eigenvalue weighted by atomic mass is 79.9. The second-order valence-corrected chi connectivity index (χ2v) is 8.14. The molecule has 0 saturated heterocycles. The Labute approximate surface area is 180 Å². The van der Waals surface area contributed by atoms with E-state index in [0.717, 1.165) is 21.4 Å². The van der Waals surface area contributed by atoms with Crippen LogP contribution in [0.4, 0.5) is 17.6 Å². The molecule has 1 aromatic carbocycles. The minimum Gasteiger partial charge on any atom is -0.346 e. The summed E-state index contributed by atoms with van der Waals surface area (Å²) in [4.78, 5) is 17.4. The number of carbonyl (C=O) groups is 1. The van der Waals surface area contributed by atoms with Crippen molar-refractivity contribution in [1.29, 1.82) is 0 Å².